The maximum absolute atomic E-state index is 9.04. The summed E-state index contributed by atoms with van der Waals surface area (Å²) in [6.45, 7) is 5.21. The summed E-state index contributed by atoms with van der Waals surface area (Å²) in [7, 11) is 0. The number of aliphatic hydroxyl groups is 1. The molecule has 0 amide bonds. The minimum atomic E-state index is 0.302. The molecule has 2 heterocycles. The molecule has 1 aliphatic heterocycles. The number of nitrogens with zero attached hydrogens (tertiary/aromatic N) is 2. The molecule has 23 heavy (non-hydrogen) atoms. The number of aryl methyl sites for hydroxylation is 1. The molecule has 2 aromatic rings. The van der Waals surface area contributed by atoms with Crippen molar-refractivity contribution in [1.82, 2.24) is 9.88 Å². The number of oxazole rings is 1. The molecule has 4 nitrogen and oxygen atoms in total. The van der Waals surface area contributed by atoms with Gasteiger partial charge in [0.25, 0.3) is 0 Å². The monoisotopic (exact) mass is 334 g/mol. The van der Waals surface area contributed by atoms with E-state index in [0.717, 1.165) is 55.9 Å². The lowest BCUT2D eigenvalue weighted by Crippen LogP contribution is -2.33. The summed E-state index contributed by atoms with van der Waals surface area (Å²) in [5.41, 5.74) is 1.91. The Kier molecular flexibility index (Phi) is 5.36. The van der Waals surface area contributed by atoms with E-state index in [2.05, 4.69) is 9.88 Å². The van der Waals surface area contributed by atoms with E-state index in [-0.39, 0.29) is 0 Å². The lowest BCUT2D eigenvalue weighted by Gasteiger charge is -2.31. The van der Waals surface area contributed by atoms with Crippen LogP contribution >= 0.6 is 11.6 Å². The second kappa shape index (κ2) is 7.47. The average molecular weight is 335 g/mol. The van der Waals surface area contributed by atoms with Crippen LogP contribution in [0, 0.1) is 12.8 Å². The highest BCUT2D eigenvalue weighted by Gasteiger charge is 2.21. The summed E-state index contributed by atoms with van der Waals surface area (Å²) in [6.07, 6.45) is 3.23. The van der Waals surface area contributed by atoms with Crippen LogP contribution in [0.2, 0.25) is 5.02 Å². The van der Waals surface area contributed by atoms with Crippen LogP contribution in [0.1, 0.15) is 30.7 Å². The van der Waals surface area contributed by atoms with Crippen molar-refractivity contribution in [3.63, 3.8) is 0 Å². The number of halogens is 1. The van der Waals surface area contributed by atoms with E-state index in [0.29, 0.717) is 23.4 Å². The van der Waals surface area contributed by atoms with Gasteiger partial charge in [0.15, 0.2) is 0 Å². The third kappa shape index (κ3) is 4.14. The Labute approximate surface area is 142 Å². The normalized spacial score (nSPS) is 16.8. The van der Waals surface area contributed by atoms with Crippen LogP contribution in [0.15, 0.2) is 28.7 Å². The average Bonchev–Trinajstić information content (AvgIpc) is 2.91. The largest absolute Gasteiger partial charge is 0.441 e. The van der Waals surface area contributed by atoms with Crippen LogP contribution in [-0.2, 0) is 6.54 Å². The van der Waals surface area contributed by atoms with Crippen molar-refractivity contribution < 1.29 is 9.52 Å². The second-order valence-electron chi connectivity index (χ2n) is 6.26. The van der Waals surface area contributed by atoms with E-state index in [4.69, 9.17) is 21.1 Å². The summed E-state index contributed by atoms with van der Waals surface area (Å²) in [4.78, 5) is 7.08. The highest BCUT2D eigenvalue weighted by atomic mass is 35.5. The van der Waals surface area contributed by atoms with Gasteiger partial charge in [-0.2, -0.15) is 0 Å². The van der Waals surface area contributed by atoms with Crippen molar-refractivity contribution in [2.24, 2.45) is 5.92 Å². The van der Waals surface area contributed by atoms with E-state index in [1.807, 2.05) is 31.2 Å². The molecule has 1 fully saturated rings. The Bertz CT molecular complexity index is 648. The maximum atomic E-state index is 9.04. The zero-order valence-corrected chi connectivity index (χ0v) is 14.2. The minimum Gasteiger partial charge on any atom is -0.441 e. The second-order valence-corrected chi connectivity index (χ2v) is 6.70. The maximum Gasteiger partial charge on any atom is 0.226 e. The zero-order chi connectivity index (χ0) is 16.2. The number of hydrogen-bond donors (Lipinski definition) is 1. The van der Waals surface area contributed by atoms with Crippen LogP contribution in [0.5, 0.6) is 0 Å². The van der Waals surface area contributed by atoms with Gasteiger partial charge in [-0.05, 0) is 63.4 Å². The SMILES string of the molecule is Cc1oc(-c2cccc(Cl)c2)nc1CN1CCC(CCO)CC1. The van der Waals surface area contributed by atoms with Crippen molar-refractivity contribution in [2.75, 3.05) is 19.7 Å². The lowest BCUT2D eigenvalue weighted by molar-refractivity contribution is 0.152. The fourth-order valence-electron chi connectivity index (χ4n) is 3.15. The molecule has 0 unspecified atom stereocenters. The van der Waals surface area contributed by atoms with Gasteiger partial charge in [-0.3, -0.25) is 4.90 Å². The number of likely N-dealkylation sites (tertiary alicyclic amines) is 1. The molecule has 0 atom stereocenters. The van der Waals surface area contributed by atoms with E-state index in [1.165, 1.54) is 0 Å². The summed E-state index contributed by atoms with van der Waals surface area (Å²) in [5.74, 6) is 2.17. The van der Waals surface area contributed by atoms with E-state index >= 15 is 0 Å². The summed E-state index contributed by atoms with van der Waals surface area (Å²) < 4.78 is 5.83. The Morgan fingerprint density at radius 1 is 1.35 bits per heavy atom. The third-order valence-electron chi connectivity index (χ3n) is 4.58. The molecule has 0 aliphatic carbocycles. The van der Waals surface area contributed by atoms with E-state index in [9.17, 15) is 0 Å². The Balaban J connectivity index is 1.65. The van der Waals surface area contributed by atoms with Crippen LogP contribution in [0.25, 0.3) is 11.5 Å². The van der Waals surface area contributed by atoms with E-state index in [1.54, 1.807) is 0 Å². The first kappa shape index (κ1) is 16.5. The van der Waals surface area contributed by atoms with Crippen molar-refractivity contribution in [1.29, 1.82) is 0 Å². The van der Waals surface area contributed by atoms with Crippen molar-refractivity contribution in [3.8, 4) is 11.5 Å². The molecular weight excluding hydrogens is 312 g/mol. The van der Waals surface area contributed by atoms with Gasteiger partial charge in [-0.25, -0.2) is 4.98 Å². The molecule has 124 valence electrons. The number of piperidine rings is 1. The van der Waals surface area contributed by atoms with Gasteiger partial charge in [-0.15, -0.1) is 0 Å². The predicted molar refractivity (Wildman–Crippen MR) is 91.4 cm³/mol. The fourth-order valence-corrected chi connectivity index (χ4v) is 3.34. The van der Waals surface area contributed by atoms with Crippen molar-refractivity contribution in [2.45, 2.75) is 32.7 Å². The Hall–Kier alpha value is -1.36. The quantitative estimate of drug-likeness (QED) is 0.901. The number of aromatic nitrogens is 1. The van der Waals surface area contributed by atoms with Crippen LogP contribution in [0.4, 0.5) is 0 Å². The van der Waals surface area contributed by atoms with Gasteiger partial charge >= 0.3 is 0 Å². The number of rotatable bonds is 5. The van der Waals surface area contributed by atoms with Gasteiger partial charge < -0.3 is 9.52 Å². The van der Waals surface area contributed by atoms with Crippen LogP contribution < -0.4 is 0 Å². The molecule has 1 N–H and O–H groups in total. The predicted octanol–water partition coefficient (Wildman–Crippen LogP) is 3.90. The molecule has 1 aromatic heterocycles. The summed E-state index contributed by atoms with van der Waals surface area (Å²) in [5, 5.41) is 9.73. The minimum absolute atomic E-state index is 0.302. The molecule has 3 rings (SSSR count). The first-order valence-corrected chi connectivity index (χ1v) is 8.59. The standard InChI is InChI=1S/C18H23ClN2O2/c1-13-17(12-21-8-5-14(6-9-21)7-10-22)20-18(23-13)15-3-2-4-16(19)11-15/h2-4,11,14,22H,5-10,12H2,1H3. The smallest absolute Gasteiger partial charge is 0.226 e. The molecule has 0 radical (unpaired) electrons. The number of benzene rings is 1. The highest BCUT2D eigenvalue weighted by Crippen LogP contribution is 2.26. The van der Waals surface area contributed by atoms with Gasteiger partial charge in [0.2, 0.25) is 5.89 Å². The molecule has 1 saturated heterocycles. The Morgan fingerprint density at radius 3 is 2.83 bits per heavy atom. The topological polar surface area (TPSA) is 49.5 Å². The molecule has 0 saturated carbocycles. The molecule has 1 aliphatic rings. The van der Waals surface area contributed by atoms with Crippen LogP contribution in [0.3, 0.4) is 0 Å². The lowest BCUT2D eigenvalue weighted by atomic mass is 9.94. The zero-order valence-electron chi connectivity index (χ0n) is 13.5. The van der Waals surface area contributed by atoms with E-state index < -0.39 is 0 Å². The van der Waals surface area contributed by atoms with Gasteiger partial charge in [0.05, 0.1) is 5.69 Å². The van der Waals surface area contributed by atoms with Gasteiger partial charge in [0, 0.05) is 23.7 Å². The molecule has 1 aromatic carbocycles. The Morgan fingerprint density at radius 2 is 2.13 bits per heavy atom. The van der Waals surface area contributed by atoms with Crippen LogP contribution in [-0.4, -0.2) is 34.7 Å². The van der Waals surface area contributed by atoms with Crippen molar-refractivity contribution in [3.05, 3.63) is 40.7 Å². The molecule has 5 heteroatoms. The number of aliphatic hydroxyl groups excluding tert-OH is 1. The summed E-state index contributed by atoms with van der Waals surface area (Å²) >= 11 is 6.04. The van der Waals surface area contributed by atoms with Crippen molar-refractivity contribution >= 4 is 11.6 Å². The van der Waals surface area contributed by atoms with Gasteiger partial charge in [0.1, 0.15) is 5.76 Å². The molecule has 0 bridgehead atoms. The first-order chi connectivity index (χ1) is 11.2. The summed E-state index contributed by atoms with van der Waals surface area (Å²) in [6, 6.07) is 7.58. The molecular formula is C18H23ClN2O2. The fraction of sp³-hybridized carbons (Fsp3) is 0.500. The first-order valence-electron chi connectivity index (χ1n) is 8.21. The molecule has 0 spiro atoms. The third-order valence-corrected chi connectivity index (χ3v) is 4.82. The number of hydrogen-bond acceptors (Lipinski definition) is 4. The van der Waals surface area contributed by atoms with Gasteiger partial charge in [-0.1, -0.05) is 17.7 Å². The highest BCUT2D eigenvalue weighted by molar-refractivity contribution is 6.30.